The molecule has 3 aromatic carbocycles. The van der Waals surface area contributed by atoms with E-state index in [1.807, 2.05) is 66.5 Å². The molecule has 0 aliphatic heterocycles. The number of para-hydroxylation sites is 1. The van der Waals surface area contributed by atoms with Crippen LogP contribution in [0.5, 0.6) is 5.75 Å². The third-order valence-corrected chi connectivity index (χ3v) is 9.05. The number of imidazole rings is 1. The molecule has 0 bridgehead atoms. The van der Waals surface area contributed by atoms with Crippen molar-refractivity contribution >= 4 is 11.0 Å². The molecule has 0 unspecified atom stereocenters. The molecule has 5 nitrogen and oxygen atoms in total. The van der Waals surface area contributed by atoms with Crippen LogP contribution in [0.25, 0.3) is 56.1 Å². The van der Waals surface area contributed by atoms with Gasteiger partial charge in [0.1, 0.15) is 17.1 Å². The van der Waals surface area contributed by atoms with E-state index in [0.29, 0.717) is 11.4 Å². The van der Waals surface area contributed by atoms with Crippen LogP contribution in [-0.4, -0.2) is 24.6 Å². The van der Waals surface area contributed by atoms with Gasteiger partial charge in [0.15, 0.2) is 0 Å². The minimum atomic E-state index is -0.211. The molecule has 0 saturated carbocycles. The van der Waals surface area contributed by atoms with Crippen molar-refractivity contribution in [3.63, 3.8) is 0 Å². The second kappa shape index (κ2) is 11.5. The van der Waals surface area contributed by atoms with Crippen LogP contribution in [0, 0.1) is 0 Å². The number of phenols is 1. The molecule has 0 aliphatic rings. The van der Waals surface area contributed by atoms with Crippen molar-refractivity contribution in [2.24, 2.45) is 7.05 Å². The Hall–Kier alpha value is -4.77. The van der Waals surface area contributed by atoms with Gasteiger partial charge in [0, 0.05) is 30.6 Å². The molecule has 0 amide bonds. The lowest BCUT2D eigenvalue weighted by molar-refractivity contribution is 0.448. The van der Waals surface area contributed by atoms with Gasteiger partial charge in [-0.3, -0.25) is 9.97 Å². The molecule has 0 spiro atoms. The van der Waals surface area contributed by atoms with Gasteiger partial charge in [-0.25, -0.2) is 4.98 Å². The molecule has 0 fully saturated rings. The van der Waals surface area contributed by atoms with Gasteiger partial charge in [-0.15, -0.1) is 0 Å². The fourth-order valence-electron chi connectivity index (χ4n) is 6.17. The van der Waals surface area contributed by atoms with Crippen LogP contribution in [-0.2, 0) is 23.3 Å². The SMILES string of the molecule is Cn1c(-c2cccc(C(C)(C)C)c2O)nc2c(-c3cc(-c4cc(C(C)(C)C)cc(C(C)(C)C)c4)cc(-c4ccccn4)c3)nccc21. The van der Waals surface area contributed by atoms with E-state index < -0.39 is 0 Å². The lowest BCUT2D eigenvalue weighted by Crippen LogP contribution is -2.16. The molecule has 6 aromatic rings. The summed E-state index contributed by atoms with van der Waals surface area (Å²) in [5, 5.41) is 11.4. The van der Waals surface area contributed by atoms with Gasteiger partial charge in [0.25, 0.3) is 0 Å². The summed E-state index contributed by atoms with van der Waals surface area (Å²) in [6, 6.07) is 27.6. The zero-order valence-corrected chi connectivity index (χ0v) is 29.4. The highest BCUT2D eigenvalue weighted by Gasteiger charge is 2.25. The molecule has 0 aliphatic carbocycles. The van der Waals surface area contributed by atoms with Gasteiger partial charge >= 0.3 is 0 Å². The van der Waals surface area contributed by atoms with Crippen LogP contribution in [0.2, 0.25) is 0 Å². The van der Waals surface area contributed by atoms with Gasteiger partial charge in [-0.05, 0) is 86.5 Å². The number of pyridine rings is 2. The topological polar surface area (TPSA) is 63.8 Å². The molecule has 6 rings (SSSR count). The number of aryl methyl sites for hydroxylation is 1. The fourth-order valence-corrected chi connectivity index (χ4v) is 6.17. The molecule has 0 atom stereocenters. The Morgan fingerprint density at radius 2 is 1.23 bits per heavy atom. The van der Waals surface area contributed by atoms with Gasteiger partial charge < -0.3 is 9.67 Å². The predicted molar refractivity (Wildman–Crippen MR) is 196 cm³/mol. The minimum Gasteiger partial charge on any atom is -0.507 e. The van der Waals surface area contributed by atoms with Gasteiger partial charge in [0.2, 0.25) is 0 Å². The summed E-state index contributed by atoms with van der Waals surface area (Å²) in [5.41, 5.74) is 11.6. The van der Waals surface area contributed by atoms with Crippen LogP contribution >= 0.6 is 0 Å². The van der Waals surface area contributed by atoms with Crippen molar-refractivity contribution in [2.75, 3.05) is 0 Å². The average molecular weight is 623 g/mol. The van der Waals surface area contributed by atoms with Crippen molar-refractivity contribution in [1.82, 2.24) is 19.5 Å². The maximum atomic E-state index is 11.4. The number of hydrogen-bond donors (Lipinski definition) is 1. The number of benzene rings is 3. The molecule has 1 N–H and O–H groups in total. The highest BCUT2D eigenvalue weighted by molar-refractivity contribution is 5.94. The van der Waals surface area contributed by atoms with E-state index in [1.165, 1.54) is 16.7 Å². The van der Waals surface area contributed by atoms with Crippen LogP contribution in [0.1, 0.15) is 79.0 Å². The van der Waals surface area contributed by atoms with Crippen LogP contribution in [0.3, 0.4) is 0 Å². The van der Waals surface area contributed by atoms with Gasteiger partial charge in [0.05, 0.1) is 22.5 Å². The van der Waals surface area contributed by atoms with Crippen molar-refractivity contribution in [2.45, 2.75) is 78.6 Å². The lowest BCUT2D eigenvalue weighted by Gasteiger charge is -2.26. The maximum absolute atomic E-state index is 11.4. The second-order valence-corrected chi connectivity index (χ2v) is 15.8. The van der Waals surface area contributed by atoms with E-state index in [4.69, 9.17) is 15.0 Å². The third kappa shape index (κ3) is 6.19. The molecule has 3 heterocycles. The summed E-state index contributed by atoms with van der Waals surface area (Å²) >= 11 is 0. The van der Waals surface area contributed by atoms with Crippen LogP contribution < -0.4 is 0 Å². The van der Waals surface area contributed by atoms with Crippen molar-refractivity contribution in [3.05, 3.63) is 108 Å². The third-order valence-electron chi connectivity index (χ3n) is 9.05. The van der Waals surface area contributed by atoms with E-state index in [2.05, 4.69) is 98.7 Å². The Balaban J connectivity index is 1.61. The number of phenolic OH excluding ortho intramolecular Hbond substituents is 1. The molecule has 3 aromatic heterocycles. The normalized spacial score (nSPS) is 12.6. The zero-order chi connectivity index (χ0) is 33.9. The van der Waals surface area contributed by atoms with E-state index in [1.54, 1.807) is 0 Å². The Kier molecular flexibility index (Phi) is 7.86. The first kappa shape index (κ1) is 32.2. The highest BCUT2D eigenvalue weighted by atomic mass is 16.3. The summed E-state index contributed by atoms with van der Waals surface area (Å²) < 4.78 is 2.05. The quantitative estimate of drug-likeness (QED) is 0.212. The number of aromatic nitrogens is 4. The number of aromatic hydroxyl groups is 1. The lowest BCUT2D eigenvalue weighted by atomic mass is 9.78. The Bertz CT molecular complexity index is 2070. The minimum absolute atomic E-state index is 0.00913. The fraction of sp³-hybridized carbons (Fsp3) is 0.310. The smallest absolute Gasteiger partial charge is 0.144 e. The van der Waals surface area contributed by atoms with Crippen LogP contribution in [0.4, 0.5) is 0 Å². The summed E-state index contributed by atoms with van der Waals surface area (Å²) in [6.45, 7) is 19.9. The van der Waals surface area contributed by atoms with E-state index in [0.717, 1.165) is 44.7 Å². The van der Waals surface area contributed by atoms with Crippen LogP contribution in [0.15, 0.2) is 91.3 Å². The monoisotopic (exact) mass is 622 g/mol. The van der Waals surface area contributed by atoms with E-state index >= 15 is 0 Å². The molecular weight excluding hydrogens is 576 g/mol. The summed E-state index contributed by atoms with van der Waals surface area (Å²) in [5.74, 6) is 0.965. The number of hydrogen-bond acceptors (Lipinski definition) is 4. The summed E-state index contributed by atoms with van der Waals surface area (Å²) in [4.78, 5) is 14.8. The summed E-state index contributed by atoms with van der Waals surface area (Å²) in [7, 11) is 2.00. The Labute approximate surface area is 279 Å². The number of nitrogens with zero attached hydrogens (tertiary/aromatic N) is 4. The number of rotatable bonds is 4. The summed E-state index contributed by atoms with van der Waals surface area (Å²) in [6.07, 6.45) is 3.68. The second-order valence-electron chi connectivity index (χ2n) is 15.8. The van der Waals surface area contributed by atoms with Gasteiger partial charge in [-0.1, -0.05) is 98.7 Å². The number of fused-ring (bicyclic) bond motifs is 1. The Morgan fingerprint density at radius 3 is 1.85 bits per heavy atom. The highest BCUT2D eigenvalue weighted by Crippen LogP contribution is 2.41. The standard InChI is InChI=1S/C42H46N4O/c1-40(2,3)30-23-27(24-31(25-30)41(4,5)6)26-20-28(34-16-11-12-18-43-34)22-29(21-26)36-37-35(17-19-44-36)46(10)39(45-37)32-14-13-15-33(38(32)47)42(7,8)9/h11-25,47H,1-10H3. The molecule has 0 radical (unpaired) electrons. The first-order valence-corrected chi connectivity index (χ1v) is 16.4. The van der Waals surface area contributed by atoms with Crippen molar-refractivity contribution in [3.8, 4) is 50.8 Å². The van der Waals surface area contributed by atoms with E-state index in [9.17, 15) is 5.11 Å². The largest absolute Gasteiger partial charge is 0.507 e. The maximum Gasteiger partial charge on any atom is 0.144 e. The molecule has 47 heavy (non-hydrogen) atoms. The molecule has 240 valence electrons. The zero-order valence-electron chi connectivity index (χ0n) is 29.4. The van der Waals surface area contributed by atoms with Crippen molar-refractivity contribution in [1.29, 1.82) is 0 Å². The van der Waals surface area contributed by atoms with Crippen molar-refractivity contribution < 1.29 is 5.11 Å². The van der Waals surface area contributed by atoms with E-state index in [-0.39, 0.29) is 22.0 Å². The average Bonchev–Trinajstić information content (AvgIpc) is 3.35. The predicted octanol–water partition coefficient (Wildman–Crippen LogP) is 10.6. The first-order valence-electron chi connectivity index (χ1n) is 16.4. The first-order chi connectivity index (χ1) is 22.0. The molecule has 0 saturated heterocycles. The molecule has 5 heteroatoms. The Morgan fingerprint density at radius 1 is 0.596 bits per heavy atom. The molecular formula is C42H46N4O. The van der Waals surface area contributed by atoms with Gasteiger partial charge in [-0.2, -0.15) is 0 Å².